The predicted octanol–water partition coefficient (Wildman–Crippen LogP) is 0.162. The zero-order valence-electron chi connectivity index (χ0n) is 7.83. The molecule has 86 valence electrons. The molecule has 0 saturated heterocycles. The lowest BCUT2D eigenvalue weighted by atomic mass is 9.79. The topological polar surface area (TPSA) is 112 Å². The minimum atomic E-state index is -2.28. The molecule has 0 amide bonds. The van der Waals surface area contributed by atoms with Gasteiger partial charge in [0, 0.05) is 0 Å². The van der Waals surface area contributed by atoms with Gasteiger partial charge in [-0.3, -0.25) is 9.59 Å². The van der Waals surface area contributed by atoms with Crippen molar-refractivity contribution in [2.75, 3.05) is 0 Å². The molecule has 1 saturated carbocycles. The summed E-state index contributed by atoms with van der Waals surface area (Å²) in [5.74, 6) is -4.84. The van der Waals surface area contributed by atoms with Crippen LogP contribution in [-0.4, -0.2) is 36.2 Å². The molecule has 0 aromatic heterocycles. The number of carboxylic acid groups (broad SMARTS) is 2. The first kappa shape index (κ1) is 12.1. The molecule has 4 unspecified atom stereocenters. The number of rotatable bonds is 3. The van der Waals surface area contributed by atoms with Crippen LogP contribution in [0.4, 0.5) is 0 Å². The maximum Gasteiger partial charge on any atom is 0.308 e. The number of aliphatic carboxylic acids is 2. The van der Waals surface area contributed by atoms with Gasteiger partial charge >= 0.3 is 11.9 Å². The SMILES string of the molecule is O=C(O)C1CCCC(S(=O)O)C1C(=O)O. The van der Waals surface area contributed by atoms with E-state index < -0.39 is 40.1 Å². The Balaban J connectivity index is 2.95. The van der Waals surface area contributed by atoms with Crippen molar-refractivity contribution < 1.29 is 28.6 Å². The Labute approximate surface area is 88.6 Å². The van der Waals surface area contributed by atoms with Gasteiger partial charge in [-0.2, -0.15) is 0 Å². The van der Waals surface area contributed by atoms with Crippen LogP contribution in [-0.2, 0) is 20.7 Å². The molecule has 0 spiro atoms. The van der Waals surface area contributed by atoms with Gasteiger partial charge in [0.05, 0.1) is 17.1 Å². The molecule has 3 N–H and O–H groups in total. The highest BCUT2D eigenvalue weighted by Gasteiger charge is 2.44. The highest BCUT2D eigenvalue weighted by atomic mass is 32.2. The normalized spacial score (nSPS) is 33.3. The van der Waals surface area contributed by atoms with Crippen molar-refractivity contribution in [3.63, 3.8) is 0 Å². The summed E-state index contributed by atoms with van der Waals surface area (Å²) in [6.45, 7) is 0. The van der Waals surface area contributed by atoms with Crippen LogP contribution in [0.15, 0.2) is 0 Å². The first-order chi connectivity index (χ1) is 6.95. The molecular weight excluding hydrogens is 224 g/mol. The highest BCUT2D eigenvalue weighted by Crippen LogP contribution is 2.33. The lowest BCUT2D eigenvalue weighted by Crippen LogP contribution is -2.43. The third kappa shape index (κ3) is 2.54. The van der Waals surface area contributed by atoms with Crippen molar-refractivity contribution in [1.29, 1.82) is 0 Å². The minimum Gasteiger partial charge on any atom is -0.481 e. The molecule has 0 aliphatic heterocycles. The Hall–Kier alpha value is -0.950. The molecule has 6 nitrogen and oxygen atoms in total. The Kier molecular flexibility index (Phi) is 3.81. The van der Waals surface area contributed by atoms with E-state index in [1.165, 1.54) is 0 Å². The standard InChI is InChI=1S/C8H12O6S/c9-7(10)4-2-1-3-5(15(13)14)6(4)8(11)12/h4-6H,1-3H2,(H,9,10)(H,11,12)(H,13,14). The number of hydrogen-bond donors (Lipinski definition) is 3. The Morgan fingerprint density at radius 3 is 2.13 bits per heavy atom. The van der Waals surface area contributed by atoms with Crippen LogP contribution in [0.5, 0.6) is 0 Å². The van der Waals surface area contributed by atoms with Gasteiger partial charge < -0.3 is 14.8 Å². The molecule has 15 heavy (non-hydrogen) atoms. The highest BCUT2D eigenvalue weighted by molar-refractivity contribution is 7.79. The largest absolute Gasteiger partial charge is 0.481 e. The number of hydrogen-bond acceptors (Lipinski definition) is 3. The quantitative estimate of drug-likeness (QED) is 0.602. The van der Waals surface area contributed by atoms with Crippen LogP contribution in [0.25, 0.3) is 0 Å². The lowest BCUT2D eigenvalue weighted by molar-refractivity contribution is -0.155. The maximum atomic E-state index is 10.9. The Morgan fingerprint density at radius 2 is 1.73 bits per heavy atom. The van der Waals surface area contributed by atoms with Crippen LogP contribution >= 0.6 is 0 Å². The molecule has 7 heteroatoms. The van der Waals surface area contributed by atoms with E-state index in [1.807, 2.05) is 0 Å². The summed E-state index contributed by atoms with van der Waals surface area (Å²) in [5.41, 5.74) is 0. The van der Waals surface area contributed by atoms with E-state index in [2.05, 4.69) is 0 Å². The summed E-state index contributed by atoms with van der Waals surface area (Å²) in [6.07, 6.45) is 1.00. The Morgan fingerprint density at radius 1 is 1.13 bits per heavy atom. The second-order valence-electron chi connectivity index (χ2n) is 3.55. The van der Waals surface area contributed by atoms with Crippen LogP contribution in [0, 0.1) is 11.8 Å². The van der Waals surface area contributed by atoms with Gasteiger partial charge in [0.1, 0.15) is 0 Å². The van der Waals surface area contributed by atoms with Gasteiger partial charge in [0.2, 0.25) is 0 Å². The summed E-state index contributed by atoms with van der Waals surface area (Å²) in [7, 11) is 0. The van der Waals surface area contributed by atoms with E-state index in [4.69, 9.17) is 14.8 Å². The van der Waals surface area contributed by atoms with Crippen LogP contribution in [0.2, 0.25) is 0 Å². The first-order valence-electron chi connectivity index (χ1n) is 4.50. The molecule has 0 bridgehead atoms. The van der Waals surface area contributed by atoms with Gasteiger partial charge in [0.25, 0.3) is 0 Å². The number of carbonyl (C=O) groups is 2. The van der Waals surface area contributed by atoms with Crippen molar-refractivity contribution in [3.8, 4) is 0 Å². The second kappa shape index (κ2) is 4.71. The third-order valence-electron chi connectivity index (χ3n) is 2.70. The van der Waals surface area contributed by atoms with Crippen LogP contribution in [0.1, 0.15) is 19.3 Å². The molecule has 0 aromatic carbocycles. The molecule has 0 heterocycles. The van der Waals surface area contributed by atoms with Crippen molar-refractivity contribution in [3.05, 3.63) is 0 Å². The fourth-order valence-corrected chi connectivity index (χ4v) is 2.92. The van der Waals surface area contributed by atoms with Gasteiger partial charge in [-0.15, -0.1) is 0 Å². The smallest absolute Gasteiger partial charge is 0.308 e. The summed E-state index contributed by atoms with van der Waals surface area (Å²) >= 11 is -2.28. The second-order valence-corrected chi connectivity index (χ2v) is 4.71. The van der Waals surface area contributed by atoms with E-state index >= 15 is 0 Å². The summed E-state index contributed by atoms with van der Waals surface area (Å²) < 4.78 is 19.8. The number of carboxylic acids is 2. The summed E-state index contributed by atoms with van der Waals surface area (Å²) in [4.78, 5) is 21.7. The lowest BCUT2D eigenvalue weighted by Gasteiger charge is -2.30. The minimum absolute atomic E-state index is 0.250. The van der Waals surface area contributed by atoms with Crippen molar-refractivity contribution in [2.45, 2.75) is 24.5 Å². The van der Waals surface area contributed by atoms with Crippen molar-refractivity contribution >= 4 is 23.0 Å². The fraction of sp³-hybridized carbons (Fsp3) is 0.750. The zero-order valence-corrected chi connectivity index (χ0v) is 8.64. The average Bonchev–Trinajstić information content (AvgIpc) is 2.16. The monoisotopic (exact) mass is 236 g/mol. The fourth-order valence-electron chi connectivity index (χ4n) is 1.99. The maximum absolute atomic E-state index is 10.9. The first-order valence-corrected chi connectivity index (χ1v) is 5.67. The van der Waals surface area contributed by atoms with Gasteiger partial charge in [0.15, 0.2) is 11.1 Å². The third-order valence-corrected chi connectivity index (χ3v) is 3.75. The van der Waals surface area contributed by atoms with Gasteiger partial charge in [-0.05, 0) is 12.8 Å². The van der Waals surface area contributed by atoms with E-state index in [0.717, 1.165) is 0 Å². The van der Waals surface area contributed by atoms with E-state index in [1.54, 1.807) is 0 Å². The zero-order chi connectivity index (χ0) is 11.6. The molecule has 4 atom stereocenters. The van der Waals surface area contributed by atoms with Crippen molar-refractivity contribution in [2.24, 2.45) is 11.8 Å². The molecule has 0 aromatic rings. The Bertz CT molecular complexity index is 280. The predicted molar refractivity (Wildman–Crippen MR) is 50.7 cm³/mol. The van der Waals surface area contributed by atoms with Crippen LogP contribution in [0.3, 0.4) is 0 Å². The molecule has 0 radical (unpaired) electrons. The average molecular weight is 236 g/mol. The van der Waals surface area contributed by atoms with E-state index in [9.17, 15) is 13.8 Å². The molecular formula is C8H12O6S. The van der Waals surface area contributed by atoms with E-state index in [0.29, 0.717) is 6.42 Å². The molecule has 1 aliphatic rings. The summed E-state index contributed by atoms with van der Waals surface area (Å²) in [6, 6.07) is 0. The van der Waals surface area contributed by atoms with Crippen molar-refractivity contribution in [1.82, 2.24) is 0 Å². The molecule has 1 fully saturated rings. The molecule has 1 aliphatic carbocycles. The van der Waals surface area contributed by atoms with Gasteiger partial charge in [-0.25, -0.2) is 4.21 Å². The van der Waals surface area contributed by atoms with Gasteiger partial charge in [-0.1, -0.05) is 6.42 Å². The van der Waals surface area contributed by atoms with Crippen LogP contribution < -0.4 is 0 Å². The van der Waals surface area contributed by atoms with E-state index in [-0.39, 0.29) is 12.8 Å². The summed E-state index contributed by atoms with van der Waals surface area (Å²) in [5, 5.41) is 16.7. The molecule has 1 rings (SSSR count).